The van der Waals surface area contributed by atoms with E-state index in [0.29, 0.717) is 33.6 Å². The Morgan fingerprint density at radius 3 is 2.32 bits per heavy atom. The highest BCUT2D eigenvalue weighted by atomic mass is 19.1. The number of carbonyl (C=O) groups excluding carboxylic acids is 2. The van der Waals surface area contributed by atoms with Crippen molar-refractivity contribution in [2.75, 3.05) is 16.3 Å². The van der Waals surface area contributed by atoms with Crippen molar-refractivity contribution in [3.8, 4) is 12.1 Å². The Kier molecular flexibility index (Phi) is 9.33. The standard InChI is InChI=1S/C35H32FN7O4/c1-23-29(20-38)31(27-15-13-24(19-37)14-16-27)43-33(42(23)28-12-8-11-26(17-28)18-36)39-32(40-43)41(21-30(44)47-35(2,3)4)34(45)46-22-25-9-6-5-7-10-25/h5-17,31H,18,21-22H2,1-4H3/t31-/m1/s1. The summed E-state index contributed by atoms with van der Waals surface area (Å²) in [5.74, 6) is -0.696. The number of aromatic nitrogens is 3. The van der Waals surface area contributed by atoms with Crippen LogP contribution in [0.2, 0.25) is 0 Å². The van der Waals surface area contributed by atoms with E-state index in [0.717, 1.165) is 10.5 Å². The summed E-state index contributed by atoms with van der Waals surface area (Å²) in [5, 5.41) is 24.5. The van der Waals surface area contributed by atoms with Gasteiger partial charge in [-0.15, -0.1) is 5.10 Å². The lowest BCUT2D eigenvalue weighted by Gasteiger charge is -2.34. The van der Waals surface area contributed by atoms with Gasteiger partial charge in [0.25, 0.3) is 5.95 Å². The number of allylic oxidation sites excluding steroid dienone is 2. The third kappa shape index (κ3) is 7.13. The van der Waals surface area contributed by atoms with Crippen LogP contribution in [0, 0.1) is 22.7 Å². The summed E-state index contributed by atoms with van der Waals surface area (Å²) in [4.78, 5) is 34.0. The molecule has 47 heavy (non-hydrogen) atoms. The molecule has 4 aromatic rings. The van der Waals surface area contributed by atoms with Crippen LogP contribution in [0.15, 0.2) is 90.1 Å². The zero-order valence-corrected chi connectivity index (χ0v) is 26.3. The number of rotatable bonds is 8. The average molecular weight is 634 g/mol. The number of anilines is 3. The molecule has 0 spiro atoms. The maximum atomic E-state index is 13.7. The highest BCUT2D eigenvalue weighted by Crippen LogP contribution is 2.43. The maximum absolute atomic E-state index is 13.7. The van der Waals surface area contributed by atoms with Crippen LogP contribution in [-0.2, 0) is 27.5 Å². The summed E-state index contributed by atoms with van der Waals surface area (Å²) in [6, 6.07) is 26.0. The van der Waals surface area contributed by atoms with Crippen molar-refractivity contribution in [3.05, 3.63) is 112 Å². The minimum absolute atomic E-state index is 0.0761. The molecule has 1 amide bonds. The second-order valence-electron chi connectivity index (χ2n) is 11.8. The smallest absolute Gasteiger partial charge is 0.417 e. The number of hydrogen-bond donors (Lipinski definition) is 0. The van der Waals surface area contributed by atoms with Crippen molar-refractivity contribution in [1.82, 2.24) is 14.8 Å². The second kappa shape index (κ2) is 13.5. The van der Waals surface area contributed by atoms with Crippen LogP contribution in [0.25, 0.3) is 0 Å². The number of nitrogens with zero attached hydrogens (tertiary/aromatic N) is 7. The summed E-state index contributed by atoms with van der Waals surface area (Å²) in [5.41, 5.74) is 2.66. The van der Waals surface area contributed by atoms with Gasteiger partial charge in [0, 0.05) is 11.4 Å². The van der Waals surface area contributed by atoms with Crippen molar-refractivity contribution < 1.29 is 23.5 Å². The Bertz CT molecular complexity index is 1900. The van der Waals surface area contributed by atoms with E-state index in [1.165, 1.54) is 4.68 Å². The number of amides is 1. The van der Waals surface area contributed by atoms with Crippen LogP contribution < -0.4 is 9.80 Å². The third-order valence-corrected chi connectivity index (χ3v) is 7.22. The van der Waals surface area contributed by atoms with Crippen LogP contribution >= 0.6 is 0 Å². The molecule has 238 valence electrons. The molecule has 12 heteroatoms. The molecule has 2 heterocycles. The lowest BCUT2D eigenvalue weighted by Crippen LogP contribution is -2.40. The van der Waals surface area contributed by atoms with E-state index in [9.17, 15) is 24.5 Å². The summed E-state index contributed by atoms with van der Waals surface area (Å²) >= 11 is 0. The second-order valence-corrected chi connectivity index (χ2v) is 11.8. The van der Waals surface area contributed by atoms with Gasteiger partial charge in [0.1, 0.15) is 31.5 Å². The fourth-order valence-electron chi connectivity index (χ4n) is 5.13. The Morgan fingerprint density at radius 2 is 1.68 bits per heavy atom. The van der Waals surface area contributed by atoms with E-state index in [-0.39, 0.29) is 18.5 Å². The number of alkyl halides is 1. The van der Waals surface area contributed by atoms with Crippen LogP contribution in [0.3, 0.4) is 0 Å². The first-order valence-corrected chi connectivity index (χ1v) is 14.8. The van der Waals surface area contributed by atoms with Crippen LogP contribution in [-0.4, -0.2) is 39.0 Å². The highest BCUT2D eigenvalue weighted by molar-refractivity contribution is 5.92. The van der Waals surface area contributed by atoms with Crippen molar-refractivity contribution in [1.29, 1.82) is 10.5 Å². The van der Waals surface area contributed by atoms with Gasteiger partial charge in [0.2, 0.25) is 5.95 Å². The van der Waals surface area contributed by atoms with Crippen molar-refractivity contribution in [3.63, 3.8) is 0 Å². The average Bonchev–Trinajstić information content (AvgIpc) is 3.49. The maximum Gasteiger partial charge on any atom is 0.417 e. The Balaban J connectivity index is 1.65. The van der Waals surface area contributed by atoms with Crippen LogP contribution in [0.5, 0.6) is 0 Å². The number of nitriles is 2. The molecule has 0 bridgehead atoms. The van der Waals surface area contributed by atoms with Gasteiger partial charge in [-0.1, -0.05) is 54.6 Å². The zero-order valence-electron chi connectivity index (χ0n) is 26.3. The number of hydrogen-bond acceptors (Lipinski definition) is 9. The molecule has 11 nitrogen and oxygen atoms in total. The predicted molar refractivity (Wildman–Crippen MR) is 171 cm³/mol. The molecular weight excluding hydrogens is 601 g/mol. The summed E-state index contributed by atoms with van der Waals surface area (Å²) < 4.78 is 26.3. The largest absolute Gasteiger partial charge is 0.459 e. The molecule has 3 aromatic carbocycles. The lowest BCUT2D eigenvalue weighted by molar-refractivity contribution is -0.153. The van der Waals surface area contributed by atoms with Crippen molar-refractivity contribution in [2.24, 2.45) is 0 Å². The fraction of sp³-hybridized carbons (Fsp3) is 0.257. The lowest BCUT2D eigenvalue weighted by atomic mass is 9.95. The fourth-order valence-corrected chi connectivity index (χ4v) is 5.13. The van der Waals surface area contributed by atoms with Gasteiger partial charge in [-0.05, 0) is 68.7 Å². The molecule has 0 unspecified atom stereocenters. The Hall–Kier alpha value is -6.01. The van der Waals surface area contributed by atoms with Gasteiger partial charge in [-0.25, -0.2) is 18.8 Å². The minimum Gasteiger partial charge on any atom is -0.459 e. The molecule has 1 aliphatic heterocycles. The molecule has 5 rings (SSSR count). The van der Waals surface area contributed by atoms with Gasteiger partial charge in [-0.2, -0.15) is 15.5 Å². The van der Waals surface area contributed by atoms with Gasteiger partial charge in [0.05, 0.1) is 23.3 Å². The molecular formula is C35H32FN7O4. The van der Waals surface area contributed by atoms with E-state index in [4.69, 9.17) is 14.5 Å². The summed E-state index contributed by atoms with van der Waals surface area (Å²) in [6.07, 6.45) is -0.895. The van der Waals surface area contributed by atoms with E-state index >= 15 is 0 Å². The number of halogens is 1. The van der Waals surface area contributed by atoms with Crippen molar-refractivity contribution >= 4 is 29.6 Å². The van der Waals surface area contributed by atoms with Gasteiger partial charge in [-0.3, -0.25) is 9.69 Å². The van der Waals surface area contributed by atoms with E-state index < -0.39 is 36.9 Å². The number of fused-ring (bicyclic) bond motifs is 1. The monoisotopic (exact) mass is 633 g/mol. The van der Waals surface area contributed by atoms with Gasteiger partial charge >= 0.3 is 12.1 Å². The Morgan fingerprint density at radius 1 is 0.979 bits per heavy atom. The van der Waals surface area contributed by atoms with Crippen LogP contribution in [0.1, 0.15) is 56.0 Å². The quantitative estimate of drug-likeness (QED) is 0.195. The SMILES string of the molecule is CC1=C(C#N)[C@@H](c2ccc(C#N)cc2)n2nc(N(CC(=O)OC(C)(C)C)C(=O)OCc3ccccc3)nc2N1c1cccc(CF)c1. The number of esters is 1. The molecule has 0 N–H and O–H groups in total. The van der Waals surface area contributed by atoms with E-state index in [2.05, 4.69) is 17.2 Å². The third-order valence-electron chi connectivity index (χ3n) is 7.22. The van der Waals surface area contributed by atoms with E-state index in [1.54, 1.807) is 93.3 Å². The molecule has 0 radical (unpaired) electrons. The molecule has 1 aromatic heterocycles. The predicted octanol–water partition coefficient (Wildman–Crippen LogP) is 6.64. The highest BCUT2D eigenvalue weighted by Gasteiger charge is 2.38. The van der Waals surface area contributed by atoms with Gasteiger partial charge in [0.15, 0.2) is 0 Å². The molecule has 0 saturated carbocycles. The first-order valence-electron chi connectivity index (χ1n) is 14.8. The number of benzene rings is 3. The number of carbonyl (C=O) groups is 2. The number of ether oxygens (including phenoxy) is 2. The van der Waals surface area contributed by atoms with Crippen molar-refractivity contribution in [2.45, 2.75) is 52.6 Å². The zero-order chi connectivity index (χ0) is 33.7. The summed E-state index contributed by atoms with van der Waals surface area (Å²) in [7, 11) is 0. The Labute approximate surface area is 271 Å². The normalized spacial score (nSPS) is 14.1. The molecule has 0 saturated heterocycles. The van der Waals surface area contributed by atoms with Crippen LogP contribution in [0.4, 0.5) is 26.8 Å². The topological polar surface area (TPSA) is 137 Å². The molecule has 1 aliphatic rings. The molecule has 0 fully saturated rings. The molecule has 0 aliphatic carbocycles. The molecule has 1 atom stereocenters. The first-order chi connectivity index (χ1) is 22.5. The van der Waals surface area contributed by atoms with Gasteiger partial charge < -0.3 is 9.47 Å². The first kappa shape index (κ1) is 32.4. The summed E-state index contributed by atoms with van der Waals surface area (Å²) in [6.45, 7) is 5.51. The minimum atomic E-state index is -0.895. The van der Waals surface area contributed by atoms with E-state index in [1.807, 2.05) is 18.2 Å².